The summed E-state index contributed by atoms with van der Waals surface area (Å²) in [7, 11) is 1.64. The van der Waals surface area contributed by atoms with E-state index in [0.717, 1.165) is 17.0 Å². The number of carbonyl (C=O) groups excluding carboxylic acids is 1. The first-order valence-electron chi connectivity index (χ1n) is 7.11. The van der Waals surface area contributed by atoms with Gasteiger partial charge in [0.1, 0.15) is 5.76 Å². The second-order valence-corrected chi connectivity index (χ2v) is 5.31. The van der Waals surface area contributed by atoms with Crippen molar-refractivity contribution in [2.24, 2.45) is 0 Å². The lowest BCUT2D eigenvalue weighted by Gasteiger charge is -2.23. The highest BCUT2D eigenvalue weighted by Gasteiger charge is 2.15. The number of aryl methyl sites for hydroxylation is 2. The molecule has 1 aromatic carbocycles. The highest BCUT2D eigenvalue weighted by molar-refractivity contribution is 5.89. The van der Waals surface area contributed by atoms with Gasteiger partial charge in [0, 0.05) is 18.3 Å². The van der Waals surface area contributed by atoms with Crippen molar-refractivity contribution in [2.75, 3.05) is 19.0 Å². The van der Waals surface area contributed by atoms with E-state index in [9.17, 15) is 4.79 Å². The highest BCUT2D eigenvalue weighted by Crippen LogP contribution is 2.23. The van der Waals surface area contributed by atoms with Gasteiger partial charge in [-0.2, -0.15) is 0 Å². The van der Waals surface area contributed by atoms with Gasteiger partial charge in [-0.3, -0.25) is 0 Å². The summed E-state index contributed by atoms with van der Waals surface area (Å²) in [4.78, 5) is 17.8. The lowest BCUT2D eigenvalue weighted by Crippen LogP contribution is -2.40. The number of aliphatic hydroxyl groups is 1. The van der Waals surface area contributed by atoms with Gasteiger partial charge in [0.2, 0.25) is 5.89 Å². The van der Waals surface area contributed by atoms with Gasteiger partial charge in [-0.1, -0.05) is 0 Å². The van der Waals surface area contributed by atoms with E-state index < -0.39 is 0 Å². The van der Waals surface area contributed by atoms with Crippen molar-refractivity contribution in [3.8, 4) is 11.5 Å². The molecule has 6 nitrogen and oxygen atoms in total. The van der Waals surface area contributed by atoms with Crippen LogP contribution in [-0.4, -0.2) is 40.7 Å². The molecule has 6 heteroatoms. The summed E-state index contributed by atoms with van der Waals surface area (Å²) in [6, 6.07) is 6.76. The summed E-state index contributed by atoms with van der Waals surface area (Å²) in [6.45, 7) is 5.47. The van der Waals surface area contributed by atoms with Crippen LogP contribution in [0.1, 0.15) is 18.4 Å². The number of benzene rings is 1. The number of rotatable bonds is 4. The fraction of sp³-hybridized carbons (Fsp3) is 0.375. The molecule has 22 heavy (non-hydrogen) atoms. The summed E-state index contributed by atoms with van der Waals surface area (Å²) >= 11 is 0. The number of likely N-dealkylation sites (N-methyl/N-ethyl adjacent to an activating group) is 1. The predicted molar refractivity (Wildman–Crippen MR) is 84.7 cm³/mol. The van der Waals surface area contributed by atoms with Crippen LogP contribution < -0.4 is 5.32 Å². The van der Waals surface area contributed by atoms with Crippen LogP contribution in [0.5, 0.6) is 0 Å². The summed E-state index contributed by atoms with van der Waals surface area (Å²) < 4.78 is 5.57. The van der Waals surface area contributed by atoms with Gasteiger partial charge < -0.3 is 19.7 Å². The Morgan fingerprint density at radius 2 is 2.00 bits per heavy atom. The molecule has 2 aromatic rings. The Morgan fingerprint density at radius 1 is 1.36 bits per heavy atom. The van der Waals surface area contributed by atoms with Crippen LogP contribution in [0, 0.1) is 13.8 Å². The van der Waals surface area contributed by atoms with Crippen molar-refractivity contribution in [3.63, 3.8) is 0 Å². The van der Waals surface area contributed by atoms with Crippen LogP contribution in [0.4, 0.5) is 10.5 Å². The number of aromatic nitrogens is 1. The minimum atomic E-state index is -0.267. The molecule has 118 valence electrons. The van der Waals surface area contributed by atoms with E-state index in [1.807, 2.05) is 26.0 Å². The zero-order chi connectivity index (χ0) is 16.3. The molecule has 0 aliphatic heterocycles. The molecule has 2 N–H and O–H groups in total. The van der Waals surface area contributed by atoms with Gasteiger partial charge in [-0.05, 0) is 45.0 Å². The molecular weight excluding hydrogens is 282 g/mol. The molecule has 0 bridgehead atoms. The van der Waals surface area contributed by atoms with E-state index in [-0.39, 0.29) is 18.7 Å². The predicted octanol–water partition coefficient (Wildman–Crippen LogP) is 2.80. The van der Waals surface area contributed by atoms with Gasteiger partial charge in [0.25, 0.3) is 0 Å². The standard InChI is InChI=1S/C16H21N3O3/c1-10(9-20)19(4)16(21)18-14-7-5-13(6-8-14)15-17-11(2)12(3)22-15/h5-8,10,20H,9H2,1-4H3,(H,18,21)/t10-/m1/s1. The normalized spacial score (nSPS) is 12.0. The second kappa shape index (κ2) is 6.62. The Labute approximate surface area is 129 Å². The topological polar surface area (TPSA) is 78.6 Å². The van der Waals surface area contributed by atoms with Crippen LogP contribution in [0.25, 0.3) is 11.5 Å². The zero-order valence-corrected chi connectivity index (χ0v) is 13.3. The maximum absolute atomic E-state index is 12.0. The number of amides is 2. The Kier molecular flexibility index (Phi) is 4.82. The van der Waals surface area contributed by atoms with Crippen molar-refractivity contribution in [1.29, 1.82) is 0 Å². The van der Waals surface area contributed by atoms with Gasteiger partial charge in [-0.15, -0.1) is 0 Å². The average molecular weight is 303 g/mol. The smallest absolute Gasteiger partial charge is 0.321 e. The number of hydrogen-bond acceptors (Lipinski definition) is 4. The SMILES string of the molecule is Cc1nc(-c2ccc(NC(=O)N(C)[C@H](C)CO)cc2)oc1C. The molecule has 1 heterocycles. The van der Waals surface area contributed by atoms with Crippen molar-refractivity contribution in [3.05, 3.63) is 35.7 Å². The third-order valence-corrected chi connectivity index (χ3v) is 3.66. The first kappa shape index (κ1) is 16.0. The molecule has 0 saturated carbocycles. The number of carbonyl (C=O) groups is 1. The fourth-order valence-electron chi connectivity index (χ4n) is 1.83. The Balaban J connectivity index is 2.07. The molecule has 1 atom stereocenters. The van der Waals surface area contributed by atoms with Gasteiger partial charge >= 0.3 is 6.03 Å². The summed E-state index contributed by atoms with van der Waals surface area (Å²) in [5.41, 5.74) is 2.39. The number of nitrogens with zero attached hydrogens (tertiary/aromatic N) is 2. The van der Waals surface area contributed by atoms with Crippen LogP contribution in [0.3, 0.4) is 0 Å². The minimum Gasteiger partial charge on any atom is -0.441 e. The van der Waals surface area contributed by atoms with E-state index in [4.69, 9.17) is 9.52 Å². The van der Waals surface area contributed by atoms with E-state index in [1.54, 1.807) is 26.1 Å². The first-order valence-corrected chi connectivity index (χ1v) is 7.11. The molecule has 0 aliphatic carbocycles. The largest absolute Gasteiger partial charge is 0.441 e. The maximum Gasteiger partial charge on any atom is 0.321 e. The van der Waals surface area contributed by atoms with E-state index >= 15 is 0 Å². The van der Waals surface area contributed by atoms with Crippen molar-refractivity contribution >= 4 is 11.7 Å². The lowest BCUT2D eigenvalue weighted by molar-refractivity contribution is 0.166. The third kappa shape index (κ3) is 3.46. The zero-order valence-electron chi connectivity index (χ0n) is 13.3. The number of hydrogen-bond donors (Lipinski definition) is 2. The number of urea groups is 1. The maximum atomic E-state index is 12.0. The monoisotopic (exact) mass is 303 g/mol. The van der Waals surface area contributed by atoms with Gasteiger partial charge in [0.15, 0.2) is 0 Å². The number of anilines is 1. The molecule has 0 saturated heterocycles. The third-order valence-electron chi connectivity index (χ3n) is 3.66. The first-order chi connectivity index (χ1) is 10.4. The van der Waals surface area contributed by atoms with Crippen molar-refractivity contribution in [2.45, 2.75) is 26.8 Å². The molecule has 0 aliphatic rings. The molecule has 0 spiro atoms. The van der Waals surface area contributed by atoms with Crippen molar-refractivity contribution < 1.29 is 14.3 Å². The molecule has 0 fully saturated rings. The Morgan fingerprint density at radius 3 is 2.50 bits per heavy atom. The number of nitrogens with one attached hydrogen (secondary N) is 1. The Hall–Kier alpha value is -2.34. The van der Waals surface area contributed by atoms with Crippen molar-refractivity contribution in [1.82, 2.24) is 9.88 Å². The fourth-order valence-corrected chi connectivity index (χ4v) is 1.83. The van der Waals surface area contributed by atoms with Gasteiger partial charge in [0.05, 0.1) is 18.3 Å². The molecule has 0 radical (unpaired) electrons. The summed E-state index contributed by atoms with van der Waals surface area (Å²) in [6.07, 6.45) is 0. The molecular formula is C16H21N3O3. The average Bonchev–Trinajstić information content (AvgIpc) is 2.85. The number of oxazole rings is 1. The molecule has 2 amide bonds. The van der Waals surface area contributed by atoms with Crippen LogP contribution in [0.2, 0.25) is 0 Å². The van der Waals surface area contributed by atoms with Crippen LogP contribution >= 0.6 is 0 Å². The molecule has 2 rings (SSSR count). The summed E-state index contributed by atoms with van der Waals surface area (Å²) in [5.74, 6) is 1.37. The van der Waals surface area contributed by atoms with Crippen LogP contribution in [-0.2, 0) is 0 Å². The quantitative estimate of drug-likeness (QED) is 0.910. The molecule has 1 aromatic heterocycles. The van der Waals surface area contributed by atoms with Gasteiger partial charge in [-0.25, -0.2) is 9.78 Å². The number of aliphatic hydroxyl groups excluding tert-OH is 1. The summed E-state index contributed by atoms with van der Waals surface area (Å²) in [5, 5.41) is 11.8. The van der Waals surface area contributed by atoms with E-state index in [0.29, 0.717) is 11.6 Å². The minimum absolute atomic E-state index is 0.0777. The Bertz CT molecular complexity index is 630. The van der Waals surface area contributed by atoms with E-state index in [2.05, 4.69) is 10.3 Å². The van der Waals surface area contributed by atoms with E-state index in [1.165, 1.54) is 4.90 Å². The molecule has 0 unspecified atom stereocenters. The van der Waals surface area contributed by atoms with Crippen LogP contribution in [0.15, 0.2) is 28.7 Å². The lowest BCUT2D eigenvalue weighted by atomic mass is 10.2. The second-order valence-electron chi connectivity index (χ2n) is 5.31. The highest BCUT2D eigenvalue weighted by atomic mass is 16.4.